The summed E-state index contributed by atoms with van der Waals surface area (Å²) in [6.45, 7) is 0.591. The van der Waals surface area contributed by atoms with Crippen LogP contribution in [0, 0.1) is 0 Å². The van der Waals surface area contributed by atoms with E-state index in [4.69, 9.17) is 16.3 Å². The van der Waals surface area contributed by atoms with Crippen LogP contribution in [0.4, 0.5) is 0 Å². The van der Waals surface area contributed by atoms with Crippen LogP contribution in [0.5, 0.6) is 5.75 Å². The van der Waals surface area contributed by atoms with Crippen LogP contribution >= 0.6 is 11.6 Å². The largest absolute Gasteiger partial charge is 0.484 e. The number of likely N-dealkylation sites (tertiary alicyclic amines) is 1. The van der Waals surface area contributed by atoms with Gasteiger partial charge in [0.05, 0.1) is 6.54 Å². The summed E-state index contributed by atoms with van der Waals surface area (Å²) < 4.78 is 5.27. The Hall–Kier alpha value is -2.08. The van der Waals surface area contributed by atoms with Crippen LogP contribution in [0.15, 0.2) is 24.3 Å². The highest BCUT2D eigenvalue weighted by Gasteiger charge is 2.20. The third-order valence-electron chi connectivity index (χ3n) is 3.29. The standard InChI is InChI=1S/C15H17ClN2O4/c16-11-1-3-13(4-2-11)22-10-14(20)17-9-15(21)18-7-5-12(19)6-8-18/h1-4H,5-10H2,(H,17,20). The first-order valence-electron chi connectivity index (χ1n) is 6.99. The van der Waals surface area contributed by atoms with Crippen LogP contribution < -0.4 is 10.1 Å². The van der Waals surface area contributed by atoms with E-state index in [1.165, 1.54) is 0 Å². The zero-order chi connectivity index (χ0) is 15.9. The maximum Gasteiger partial charge on any atom is 0.258 e. The van der Waals surface area contributed by atoms with Crippen molar-refractivity contribution in [2.45, 2.75) is 12.8 Å². The minimum atomic E-state index is -0.378. The molecule has 22 heavy (non-hydrogen) atoms. The van der Waals surface area contributed by atoms with Crippen molar-refractivity contribution >= 4 is 29.2 Å². The predicted octanol–water partition coefficient (Wildman–Crippen LogP) is 1.03. The molecule has 0 aromatic heterocycles. The fourth-order valence-corrected chi connectivity index (χ4v) is 2.15. The van der Waals surface area contributed by atoms with Crippen LogP contribution in [0.3, 0.4) is 0 Å². The molecule has 118 valence electrons. The Morgan fingerprint density at radius 3 is 2.45 bits per heavy atom. The van der Waals surface area contributed by atoms with Crippen molar-refractivity contribution in [3.8, 4) is 5.75 Å². The highest BCUT2D eigenvalue weighted by atomic mass is 35.5. The lowest BCUT2D eigenvalue weighted by Crippen LogP contribution is -2.44. The van der Waals surface area contributed by atoms with E-state index in [9.17, 15) is 14.4 Å². The molecule has 1 N–H and O–H groups in total. The molecule has 0 atom stereocenters. The highest BCUT2D eigenvalue weighted by Crippen LogP contribution is 2.15. The molecule has 2 rings (SSSR count). The first kappa shape index (κ1) is 16.3. The summed E-state index contributed by atoms with van der Waals surface area (Å²) in [5.74, 6) is 0.133. The molecule has 7 heteroatoms. The summed E-state index contributed by atoms with van der Waals surface area (Å²) in [7, 11) is 0. The van der Waals surface area contributed by atoms with Crippen LogP contribution in [-0.2, 0) is 14.4 Å². The molecule has 0 unspecified atom stereocenters. The number of rotatable bonds is 5. The van der Waals surface area contributed by atoms with E-state index < -0.39 is 0 Å². The van der Waals surface area contributed by atoms with Crippen molar-refractivity contribution in [3.63, 3.8) is 0 Å². The van der Waals surface area contributed by atoms with E-state index in [2.05, 4.69) is 5.32 Å². The van der Waals surface area contributed by atoms with Crippen LogP contribution in [-0.4, -0.2) is 48.7 Å². The molecule has 0 saturated carbocycles. The molecule has 1 saturated heterocycles. The van der Waals surface area contributed by atoms with Gasteiger partial charge >= 0.3 is 0 Å². The van der Waals surface area contributed by atoms with Gasteiger partial charge in [-0.15, -0.1) is 0 Å². The van der Waals surface area contributed by atoms with Crippen LogP contribution in [0.1, 0.15) is 12.8 Å². The van der Waals surface area contributed by atoms with Crippen molar-refractivity contribution in [1.29, 1.82) is 0 Å². The Bertz CT molecular complexity index is 549. The van der Waals surface area contributed by atoms with E-state index in [0.717, 1.165) is 0 Å². The number of carbonyl (C=O) groups is 3. The van der Waals surface area contributed by atoms with Crippen LogP contribution in [0.25, 0.3) is 0 Å². The minimum absolute atomic E-state index is 0.0863. The number of ketones is 1. The smallest absolute Gasteiger partial charge is 0.258 e. The van der Waals surface area contributed by atoms with E-state index in [-0.39, 0.29) is 30.7 Å². The van der Waals surface area contributed by atoms with Crippen molar-refractivity contribution in [2.75, 3.05) is 26.2 Å². The van der Waals surface area contributed by atoms with Gasteiger partial charge in [0.25, 0.3) is 5.91 Å². The normalized spacial score (nSPS) is 14.6. The van der Waals surface area contributed by atoms with Crippen molar-refractivity contribution in [2.24, 2.45) is 0 Å². The summed E-state index contributed by atoms with van der Waals surface area (Å²) in [6.07, 6.45) is 0.777. The van der Waals surface area contributed by atoms with Crippen molar-refractivity contribution in [1.82, 2.24) is 10.2 Å². The van der Waals surface area contributed by atoms with Gasteiger partial charge in [-0.3, -0.25) is 14.4 Å². The second kappa shape index (κ2) is 7.79. The van der Waals surface area contributed by atoms with Gasteiger partial charge in [0.2, 0.25) is 5.91 Å². The van der Waals surface area contributed by atoms with E-state index in [0.29, 0.717) is 36.7 Å². The highest BCUT2D eigenvalue weighted by molar-refractivity contribution is 6.30. The Morgan fingerprint density at radius 2 is 1.82 bits per heavy atom. The molecule has 1 aliphatic rings. The molecule has 0 spiro atoms. The van der Waals surface area contributed by atoms with Gasteiger partial charge in [-0.05, 0) is 24.3 Å². The Balaban J connectivity index is 1.67. The van der Waals surface area contributed by atoms with E-state index in [1.807, 2.05) is 0 Å². The van der Waals surface area contributed by atoms with E-state index >= 15 is 0 Å². The lowest BCUT2D eigenvalue weighted by Gasteiger charge is -2.26. The van der Waals surface area contributed by atoms with Crippen molar-refractivity contribution < 1.29 is 19.1 Å². The maximum atomic E-state index is 11.9. The Morgan fingerprint density at radius 1 is 1.18 bits per heavy atom. The average Bonchev–Trinajstić information content (AvgIpc) is 2.52. The third kappa shape index (κ3) is 5.04. The number of hydrogen-bond donors (Lipinski definition) is 1. The van der Waals surface area contributed by atoms with Gasteiger partial charge in [-0.1, -0.05) is 11.6 Å². The fraction of sp³-hybridized carbons (Fsp3) is 0.400. The summed E-state index contributed by atoms with van der Waals surface area (Å²) in [6, 6.07) is 6.64. The summed E-state index contributed by atoms with van der Waals surface area (Å²) in [5.41, 5.74) is 0. The molecule has 2 amide bonds. The molecular formula is C15H17ClN2O4. The number of carbonyl (C=O) groups excluding carboxylic acids is 3. The quantitative estimate of drug-likeness (QED) is 0.877. The van der Waals surface area contributed by atoms with Gasteiger partial charge in [0, 0.05) is 31.0 Å². The number of amides is 2. The number of benzene rings is 1. The zero-order valence-electron chi connectivity index (χ0n) is 12.0. The average molecular weight is 325 g/mol. The van der Waals surface area contributed by atoms with Gasteiger partial charge in [-0.2, -0.15) is 0 Å². The lowest BCUT2D eigenvalue weighted by molar-refractivity contribution is -0.136. The molecular weight excluding hydrogens is 308 g/mol. The topological polar surface area (TPSA) is 75.7 Å². The molecule has 6 nitrogen and oxygen atoms in total. The van der Waals surface area contributed by atoms with Gasteiger partial charge in [-0.25, -0.2) is 0 Å². The number of hydrogen-bond acceptors (Lipinski definition) is 4. The molecule has 0 aliphatic carbocycles. The minimum Gasteiger partial charge on any atom is -0.484 e. The maximum absolute atomic E-state index is 11.9. The number of halogens is 1. The van der Waals surface area contributed by atoms with Crippen molar-refractivity contribution in [3.05, 3.63) is 29.3 Å². The molecule has 1 aromatic rings. The number of ether oxygens (including phenoxy) is 1. The molecule has 1 aromatic carbocycles. The number of nitrogens with zero attached hydrogens (tertiary/aromatic N) is 1. The number of Topliss-reactive ketones (excluding diaryl/α,β-unsaturated/α-hetero) is 1. The number of nitrogens with one attached hydrogen (secondary N) is 1. The fourth-order valence-electron chi connectivity index (χ4n) is 2.02. The zero-order valence-corrected chi connectivity index (χ0v) is 12.8. The monoisotopic (exact) mass is 324 g/mol. The van der Waals surface area contributed by atoms with Gasteiger partial charge in [0.1, 0.15) is 11.5 Å². The Kier molecular flexibility index (Phi) is 5.77. The first-order valence-corrected chi connectivity index (χ1v) is 7.37. The third-order valence-corrected chi connectivity index (χ3v) is 3.55. The van der Waals surface area contributed by atoms with Gasteiger partial charge < -0.3 is 15.0 Å². The van der Waals surface area contributed by atoms with Gasteiger partial charge in [0.15, 0.2) is 6.61 Å². The number of piperidine rings is 1. The second-order valence-electron chi connectivity index (χ2n) is 4.94. The van der Waals surface area contributed by atoms with E-state index in [1.54, 1.807) is 29.2 Å². The molecule has 0 bridgehead atoms. The lowest BCUT2D eigenvalue weighted by atomic mass is 10.1. The second-order valence-corrected chi connectivity index (χ2v) is 5.38. The molecule has 1 fully saturated rings. The Labute approximate surface area is 133 Å². The predicted molar refractivity (Wildman–Crippen MR) is 80.8 cm³/mol. The first-order chi connectivity index (χ1) is 10.5. The molecule has 1 heterocycles. The molecule has 0 radical (unpaired) electrons. The summed E-state index contributed by atoms with van der Waals surface area (Å²) >= 11 is 5.74. The summed E-state index contributed by atoms with van der Waals surface area (Å²) in [4.78, 5) is 36.2. The molecule has 1 aliphatic heterocycles. The van der Waals surface area contributed by atoms with Crippen LogP contribution in [0.2, 0.25) is 5.02 Å². The summed E-state index contributed by atoms with van der Waals surface area (Å²) in [5, 5.41) is 3.09. The SMILES string of the molecule is O=C1CCN(C(=O)CNC(=O)COc2ccc(Cl)cc2)CC1.